The largest absolute Gasteiger partial charge is 0.374 e. The van der Waals surface area contributed by atoms with Crippen molar-refractivity contribution in [3.8, 4) is 0 Å². The van der Waals surface area contributed by atoms with Gasteiger partial charge in [-0.2, -0.15) is 0 Å². The van der Waals surface area contributed by atoms with Crippen LogP contribution in [-0.2, 0) is 14.3 Å². The number of hydrogen-bond donors (Lipinski definition) is 1. The Bertz CT molecular complexity index is 809. The summed E-state index contributed by atoms with van der Waals surface area (Å²) >= 11 is 0. The Morgan fingerprint density at radius 3 is 1.29 bits per heavy atom. The number of allylic oxidation sites excluding steroid dienone is 8. The Hall–Kier alpha value is -1.69. The van der Waals surface area contributed by atoms with Crippen molar-refractivity contribution < 1.29 is 14.3 Å². The van der Waals surface area contributed by atoms with Gasteiger partial charge < -0.3 is 20.1 Å². The van der Waals surface area contributed by atoms with Crippen LogP contribution in [0.4, 0.5) is 0 Å². The van der Waals surface area contributed by atoms with Crippen molar-refractivity contribution in [2.24, 2.45) is 5.73 Å². The van der Waals surface area contributed by atoms with Crippen LogP contribution in [0.1, 0.15) is 194 Å². The zero-order valence-corrected chi connectivity index (χ0v) is 33.9. The highest BCUT2D eigenvalue weighted by atomic mass is 16.5. The van der Waals surface area contributed by atoms with Gasteiger partial charge >= 0.3 is 0 Å². The van der Waals surface area contributed by atoms with Gasteiger partial charge in [-0.25, -0.2) is 0 Å². The topological polar surface area (TPSA) is 64.8 Å². The van der Waals surface area contributed by atoms with E-state index >= 15 is 0 Å². The number of amides is 1. The van der Waals surface area contributed by atoms with Gasteiger partial charge in [-0.05, 0) is 96.4 Å². The van der Waals surface area contributed by atoms with E-state index in [0.717, 1.165) is 58.2 Å². The van der Waals surface area contributed by atoms with Crippen molar-refractivity contribution in [1.29, 1.82) is 0 Å². The van der Waals surface area contributed by atoms with E-state index in [0.29, 0.717) is 26.1 Å². The number of carbonyl (C=O) groups excluding carboxylic acids is 1. The molecule has 1 fully saturated rings. The first-order valence-electron chi connectivity index (χ1n) is 22.0. The van der Waals surface area contributed by atoms with Gasteiger partial charge in [0.05, 0.1) is 0 Å². The molecule has 0 aromatic rings. The second-order valence-corrected chi connectivity index (χ2v) is 14.9. The van der Waals surface area contributed by atoms with E-state index in [-0.39, 0.29) is 18.1 Å². The fourth-order valence-electron chi connectivity index (χ4n) is 6.67. The Labute approximate surface area is 317 Å². The third-order valence-corrected chi connectivity index (χ3v) is 10.0. The van der Waals surface area contributed by atoms with Crippen molar-refractivity contribution in [2.75, 3.05) is 32.8 Å². The van der Waals surface area contributed by atoms with Crippen LogP contribution in [0.25, 0.3) is 0 Å². The van der Waals surface area contributed by atoms with Gasteiger partial charge in [0, 0.05) is 32.7 Å². The van der Waals surface area contributed by atoms with E-state index in [4.69, 9.17) is 15.2 Å². The molecule has 51 heavy (non-hydrogen) atoms. The fraction of sp³-hybridized carbons (Fsp3) is 0.804. The predicted molar refractivity (Wildman–Crippen MR) is 222 cm³/mol. The number of nitrogens with two attached hydrogens (primary N) is 1. The first kappa shape index (κ1) is 47.3. The molecular formula is C46H84N2O3. The molecule has 0 spiro atoms. The SMILES string of the molecule is CCCCCC=CCC=CCCCCCCCCO[C@@H]1CN(C(=O)CCCCCN)C[C@H]1OCCCCCCCCC=CCC=CCCCCC. The minimum absolute atomic E-state index is 0.000526. The van der Waals surface area contributed by atoms with Gasteiger partial charge in [0.2, 0.25) is 5.91 Å². The lowest BCUT2D eigenvalue weighted by Crippen LogP contribution is -2.30. The molecule has 5 heteroatoms. The van der Waals surface area contributed by atoms with Crippen LogP contribution in [0.2, 0.25) is 0 Å². The molecule has 5 nitrogen and oxygen atoms in total. The Morgan fingerprint density at radius 1 is 0.510 bits per heavy atom. The quantitative estimate of drug-likeness (QED) is 0.0514. The van der Waals surface area contributed by atoms with Gasteiger partial charge in [0.1, 0.15) is 12.2 Å². The monoisotopic (exact) mass is 713 g/mol. The maximum Gasteiger partial charge on any atom is 0.222 e. The molecule has 0 aliphatic carbocycles. The van der Waals surface area contributed by atoms with Crippen LogP contribution in [-0.4, -0.2) is 55.9 Å². The highest BCUT2D eigenvalue weighted by Crippen LogP contribution is 2.21. The van der Waals surface area contributed by atoms with Crippen LogP contribution in [0.5, 0.6) is 0 Å². The minimum Gasteiger partial charge on any atom is -0.374 e. The van der Waals surface area contributed by atoms with E-state index in [1.54, 1.807) is 0 Å². The fourth-order valence-corrected chi connectivity index (χ4v) is 6.67. The number of ether oxygens (including phenoxy) is 2. The summed E-state index contributed by atoms with van der Waals surface area (Å²) in [7, 11) is 0. The summed E-state index contributed by atoms with van der Waals surface area (Å²) in [4.78, 5) is 14.9. The number of hydrogen-bond acceptors (Lipinski definition) is 4. The van der Waals surface area contributed by atoms with Gasteiger partial charge in [0.15, 0.2) is 0 Å². The molecule has 1 aliphatic rings. The summed E-state index contributed by atoms with van der Waals surface area (Å²) in [5, 5.41) is 0. The zero-order chi connectivity index (χ0) is 36.7. The summed E-state index contributed by atoms with van der Waals surface area (Å²) in [6.45, 7) is 8.10. The smallest absolute Gasteiger partial charge is 0.222 e. The molecule has 1 saturated heterocycles. The molecule has 2 atom stereocenters. The molecule has 0 aromatic carbocycles. The molecule has 0 bridgehead atoms. The predicted octanol–water partition coefficient (Wildman–Crippen LogP) is 12.7. The number of nitrogens with zero attached hydrogens (tertiary/aromatic N) is 1. The number of carbonyl (C=O) groups is 1. The molecule has 1 heterocycles. The summed E-state index contributed by atoms with van der Waals surface area (Å²) in [5.74, 6) is 0.245. The van der Waals surface area contributed by atoms with Crippen molar-refractivity contribution in [2.45, 2.75) is 206 Å². The van der Waals surface area contributed by atoms with Crippen molar-refractivity contribution in [3.63, 3.8) is 0 Å². The third-order valence-electron chi connectivity index (χ3n) is 10.0. The lowest BCUT2D eigenvalue weighted by atomic mass is 10.1. The third kappa shape index (κ3) is 30.5. The van der Waals surface area contributed by atoms with Crippen molar-refractivity contribution in [1.82, 2.24) is 4.90 Å². The van der Waals surface area contributed by atoms with E-state index < -0.39 is 0 Å². The summed E-state index contributed by atoms with van der Waals surface area (Å²) in [6, 6.07) is 0. The lowest BCUT2D eigenvalue weighted by molar-refractivity contribution is -0.131. The standard InChI is InChI=1S/C46H84N2O3/c1-3-5-7-9-11-13-15-17-19-21-23-25-27-29-31-36-40-50-44-42-48(46(49)38-34-33-35-39-47)43-45(44)51-41-37-32-30-28-26-24-22-20-18-16-14-12-10-8-6-4-2/h11-14,17-20,44-45H,3-10,15-16,21-43,47H2,1-2H3/t44-,45-/m1/s1. The maximum absolute atomic E-state index is 12.9. The van der Waals surface area contributed by atoms with E-state index in [1.165, 1.54) is 128 Å². The number of rotatable bonds is 37. The molecule has 2 N–H and O–H groups in total. The highest BCUT2D eigenvalue weighted by molar-refractivity contribution is 5.76. The summed E-state index contributed by atoms with van der Waals surface area (Å²) < 4.78 is 12.8. The molecule has 296 valence electrons. The molecule has 0 saturated carbocycles. The van der Waals surface area contributed by atoms with Crippen LogP contribution in [0.15, 0.2) is 48.6 Å². The number of unbranched alkanes of at least 4 members (excludes halogenated alkanes) is 20. The minimum atomic E-state index is 0.000526. The molecule has 1 aliphatic heterocycles. The average Bonchev–Trinajstić information content (AvgIpc) is 3.55. The van der Waals surface area contributed by atoms with Crippen LogP contribution in [0, 0.1) is 0 Å². The van der Waals surface area contributed by atoms with E-state index in [2.05, 4.69) is 62.5 Å². The average molecular weight is 713 g/mol. The van der Waals surface area contributed by atoms with E-state index in [9.17, 15) is 4.79 Å². The number of likely N-dealkylation sites (tertiary alicyclic amines) is 1. The Morgan fingerprint density at radius 2 is 0.882 bits per heavy atom. The van der Waals surface area contributed by atoms with Crippen LogP contribution >= 0.6 is 0 Å². The second-order valence-electron chi connectivity index (χ2n) is 14.9. The highest BCUT2D eigenvalue weighted by Gasteiger charge is 2.36. The van der Waals surface area contributed by atoms with Gasteiger partial charge in [-0.3, -0.25) is 4.79 Å². The summed E-state index contributed by atoms with van der Waals surface area (Å²) in [6.07, 6.45) is 52.2. The van der Waals surface area contributed by atoms with E-state index in [1.807, 2.05) is 4.90 Å². The first-order chi connectivity index (χ1) is 25.2. The van der Waals surface area contributed by atoms with Crippen molar-refractivity contribution >= 4 is 5.91 Å². The Balaban J connectivity index is 2.18. The summed E-state index contributed by atoms with van der Waals surface area (Å²) in [5.41, 5.74) is 5.64. The van der Waals surface area contributed by atoms with Gasteiger partial charge in [-0.1, -0.05) is 146 Å². The molecule has 0 radical (unpaired) electrons. The Kier molecular flexibility index (Phi) is 35.3. The van der Waals surface area contributed by atoms with Gasteiger partial charge in [0.25, 0.3) is 0 Å². The van der Waals surface area contributed by atoms with Crippen LogP contribution < -0.4 is 5.73 Å². The first-order valence-corrected chi connectivity index (χ1v) is 22.0. The maximum atomic E-state index is 12.9. The molecule has 0 unspecified atom stereocenters. The molecular weight excluding hydrogens is 629 g/mol. The molecule has 1 rings (SSSR count). The van der Waals surface area contributed by atoms with Crippen molar-refractivity contribution in [3.05, 3.63) is 48.6 Å². The molecule has 0 aromatic heterocycles. The normalized spacial score (nSPS) is 16.7. The van der Waals surface area contributed by atoms with Crippen LogP contribution in [0.3, 0.4) is 0 Å². The zero-order valence-electron chi connectivity index (χ0n) is 33.9. The second kappa shape index (κ2) is 38.0. The lowest BCUT2D eigenvalue weighted by Gasteiger charge is -2.19. The molecule has 1 amide bonds. The van der Waals surface area contributed by atoms with Gasteiger partial charge in [-0.15, -0.1) is 0 Å².